The number of hydrogen-bond donors (Lipinski definition) is 1. The number of pyridine rings is 1. The number of ether oxygens (including phenoxy) is 1. The van der Waals surface area contributed by atoms with Crippen molar-refractivity contribution in [2.45, 2.75) is 45.9 Å². The zero-order valence-electron chi connectivity index (χ0n) is 19.1. The van der Waals surface area contributed by atoms with Crippen molar-refractivity contribution in [2.24, 2.45) is 4.99 Å². The van der Waals surface area contributed by atoms with Crippen LogP contribution in [0, 0.1) is 0 Å². The summed E-state index contributed by atoms with van der Waals surface area (Å²) in [5.74, 6) is -0.558. The molecule has 2 aromatic rings. The van der Waals surface area contributed by atoms with Gasteiger partial charge in [-0.1, -0.05) is 41.6 Å². The van der Waals surface area contributed by atoms with Crippen molar-refractivity contribution in [1.29, 1.82) is 0 Å². The van der Waals surface area contributed by atoms with Crippen LogP contribution in [0.3, 0.4) is 0 Å². The number of carbonyl (C=O) groups is 2. The minimum Gasteiger partial charge on any atom is -0.459 e. The highest BCUT2D eigenvalue weighted by Gasteiger charge is 2.41. The van der Waals surface area contributed by atoms with Gasteiger partial charge in [0.2, 0.25) is 5.91 Å². The zero-order chi connectivity index (χ0) is 24.2. The van der Waals surface area contributed by atoms with E-state index in [1.807, 2.05) is 55.3 Å². The Kier molecular flexibility index (Phi) is 7.38. The fourth-order valence-electron chi connectivity index (χ4n) is 3.80. The van der Waals surface area contributed by atoms with Crippen LogP contribution in [0.4, 0.5) is 0 Å². The lowest BCUT2D eigenvalue weighted by molar-refractivity contribution is -0.143. The average Bonchev–Trinajstić information content (AvgIpc) is 3.19. The van der Waals surface area contributed by atoms with Crippen LogP contribution in [-0.4, -0.2) is 33.0 Å². The van der Waals surface area contributed by atoms with E-state index in [0.717, 1.165) is 16.8 Å². The topological polar surface area (TPSA) is 83.9 Å². The molecule has 0 saturated heterocycles. The molecule has 1 atom stereocenters. The number of allylic oxidation sites excluding steroid dienone is 1. The van der Waals surface area contributed by atoms with Crippen molar-refractivity contribution in [3.63, 3.8) is 0 Å². The summed E-state index contributed by atoms with van der Waals surface area (Å²) in [5.41, 5.74) is 3.58. The predicted octanol–water partition coefficient (Wildman–Crippen LogP) is 4.97. The average molecular weight is 497 g/mol. The molecule has 9 heteroatoms. The summed E-state index contributed by atoms with van der Waals surface area (Å²) >= 11 is 7.56. The molecule has 34 heavy (non-hydrogen) atoms. The second-order valence-corrected chi connectivity index (χ2v) is 9.49. The van der Waals surface area contributed by atoms with Crippen LogP contribution in [0.5, 0.6) is 0 Å². The Bertz CT molecular complexity index is 1180. The first-order chi connectivity index (χ1) is 16.3. The number of thioether (sulfide) groups is 1. The number of aromatic nitrogens is 1. The Morgan fingerprint density at radius 2 is 2.00 bits per heavy atom. The smallest absolute Gasteiger partial charge is 0.338 e. The quantitative estimate of drug-likeness (QED) is 0.545. The highest BCUT2D eigenvalue weighted by Crippen LogP contribution is 2.45. The molecule has 1 N–H and O–H groups in total. The van der Waals surface area contributed by atoms with Crippen LogP contribution in [-0.2, 0) is 20.9 Å². The predicted molar refractivity (Wildman–Crippen MR) is 134 cm³/mol. The molecule has 1 amide bonds. The van der Waals surface area contributed by atoms with Gasteiger partial charge in [-0.3, -0.25) is 9.78 Å². The number of hydrogen-bond acceptors (Lipinski definition) is 7. The van der Waals surface area contributed by atoms with Gasteiger partial charge in [0.1, 0.15) is 0 Å². The standard InChI is InChI=1S/C25H25ClN4O3S/c1-15(2)33-24(32)22-16(3)29-25-30(23(22)18-6-8-19(26)9-7-18)20(14-34-25)11-21(31)28-13-17-5-4-10-27-12-17/h4-10,12,14-15,23H,11,13H2,1-3H3,(H,28,31). The maximum absolute atomic E-state index is 13.1. The number of halogens is 1. The Morgan fingerprint density at radius 1 is 1.24 bits per heavy atom. The summed E-state index contributed by atoms with van der Waals surface area (Å²) in [7, 11) is 0. The fourth-order valence-corrected chi connectivity index (χ4v) is 4.89. The number of amidine groups is 1. The molecule has 0 aliphatic carbocycles. The van der Waals surface area contributed by atoms with Gasteiger partial charge in [-0.25, -0.2) is 9.79 Å². The van der Waals surface area contributed by atoms with Gasteiger partial charge in [0, 0.05) is 29.7 Å². The molecule has 7 nitrogen and oxygen atoms in total. The molecule has 0 saturated carbocycles. The summed E-state index contributed by atoms with van der Waals surface area (Å²) in [6.07, 6.45) is 3.28. The van der Waals surface area contributed by atoms with E-state index in [9.17, 15) is 9.59 Å². The van der Waals surface area contributed by atoms with Gasteiger partial charge in [0.15, 0.2) is 5.17 Å². The maximum atomic E-state index is 13.1. The lowest BCUT2D eigenvalue weighted by atomic mass is 9.94. The Morgan fingerprint density at radius 3 is 2.68 bits per heavy atom. The van der Waals surface area contributed by atoms with Crippen molar-refractivity contribution >= 4 is 40.4 Å². The van der Waals surface area contributed by atoms with Crippen LogP contribution in [0.25, 0.3) is 0 Å². The van der Waals surface area contributed by atoms with Crippen molar-refractivity contribution in [3.8, 4) is 0 Å². The molecule has 0 spiro atoms. The molecule has 1 aromatic heterocycles. The summed E-state index contributed by atoms with van der Waals surface area (Å²) < 4.78 is 5.56. The largest absolute Gasteiger partial charge is 0.459 e. The summed E-state index contributed by atoms with van der Waals surface area (Å²) in [6.45, 7) is 5.82. The summed E-state index contributed by atoms with van der Waals surface area (Å²) in [5, 5.41) is 6.16. The third-order valence-electron chi connectivity index (χ3n) is 5.30. The van der Waals surface area contributed by atoms with E-state index in [4.69, 9.17) is 16.3 Å². The van der Waals surface area contributed by atoms with Crippen LogP contribution in [0.1, 0.15) is 44.4 Å². The van der Waals surface area contributed by atoms with Crippen LogP contribution < -0.4 is 5.32 Å². The van der Waals surface area contributed by atoms with Crippen LogP contribution >= 0.6 is 23.4 Å². The third kappa shape index (κ3) is 5.34. The van der Waals surface area contributed by atoms with Crippen LogP contribution in [0.2, 0.25) is 5.02 Å². The number of aliphatic imine (C=N–C) groups is 1. The normalized spacial score (nSPS) is 17.3. The van der Waals surface area contributed by atoms with E-state index in [0.29, 0.717) is 28.0 Å². The number of rotatable bonds is 7. The number of fused-ring (bicyclic) bond motifs is 1. The van der Waals surface area contributed by atoms with Crippen LogP contribution in [0.15, 0.2) is 76.2 Å². The molecule has 4 rings (SSSR count). The molecule has 0 radical (unpaired) electrons. The lowest BCUT2D eigenvalue weighted by Crippen LogP contribution is -2.38. The molecule has 2 aliphatic heterocycles. The molecular formula is C25H25ClN4O3S. The van der Waals surface area contributed by atoms with Gasteiger partial charge in [-0.15, -0.1) is 0 Å². The van der Waals surface area contributed by atoms with Gasteiger partial charge in [0.25, 0.3) is 0 Å². The molecule has 3 heterocycles. The third-order valence-corrected chi connectivity index (χ3v) is 6.44. The minimum absolute atomic E-state index is 0.135. The number of carbonyl (C=O) groups excluding carboxylic acids is 2. The monoisotopic (exact) mass is 496 g/mol. The molecule has 2 aliphatic rings. The fraction of sp³-hybridized carbons (Fsp3) is 0.280. The van der Waals surface area contributed by atoms with E-state index in [-0.39, 0.29) is 18.4 Å². The highest BCUT2D eigenvalue weighted by atomic mass is 35.5. The molecular weight excluding hydrogens is 472 g/mol. The van der Waals surface area contributed by atoms with E-state index in [1.54, 1.807) is 24.5 Å². The molecule has 176 valence electrons. The van der Waals surface area contributed by atoms with E-state index < -0.39 is 12.0 Å². The first-order valence-electron chi connectivity index (χ1n) is 10.9. The lowest BCUT2D eigenvalue weighted by Gasteiger charge is -2.36. The molecule has 0 fully saturated rings. The highest BCUT2D eigenvalue weighted by molar-refractivity contribution is 8.16. The number of esters is 1. The second kappa shape index (κ2) is 10.4. The molecule has 1 unspecified atom stereocenters. The van der Waals surface area contributed by atoms with Gasteiger partial charge in [-0.05, 0) is 55.5 Å². The van der Waals surface area contributed by atoms with Crippen molar-refractivity contribution < 1.29 is 14.3 Å². The maximum Gasteiger partial charge on any atom is 0.338 e. The number of nitrogens with one attached hydrogen (secondary N) is 1. The second-order valence-electron chi connectivity index (χ2n) is 8.21. The minimum atomic E-state index is -0.483. The van der Waals surface area contributed by atoms with Crippen molar-refractivity contribution in [1.82, 2.24) is 15.2 Å². The van der Waals surface area contributed by atoms with Crippen molar-refractivity contribution in [3.05, 3.63) is 87.3 Å². The van der Waals surface area contributed by atoms with E-state index in [2.05, 4.69) is 15.3 Å². The van der Waals surface area contributed by atoms with Crippen molar-refractivity contribution in [2.75, 3.05) is 0 Å². The first kappa shape index (κ1) is 24.0. The zero-order valence-corrected chi connectivity index (χ0v) is 20.7. The number of benzene rings is 1. The molecule has 1 aromatic carbocycles. The van der Waals surface area contributed by atoms with Gasteiger partial charge < -0.3 is 15.0 Å². The summed E-state index contributed by atoms with van der Waals surface area (Å²) in [6, 6.07) is 10.6. The van der Waals surface area contributed by atoms with Gasteiger partial charge >= 0.3 is 5.97 Å². The van der Waals surface area contributed by atoms with Gasteiger partial charge in [0.05, 0.1) is 29.8 Å². The first-order valence-corrected chi connectivity index (χ1v) is 12.2. The Hall–Kier alpha value is -3.10. The Labute approximate surface area is 207 Å². The Balaban J connectivity index is 1.61. The van der Waals surface area contributed by atoms with E-state index >= 15 is 0 Å². The SMILES string of the molecule is CC1=C(C(=O)OC(C)C)C(c2ccc(Cl)cc2)N2C(CC(=O)NCc3cccnc3)=CSC2=N1. The number of nitrogens with zero attached hydrogens (tertiary/aromatic N) is 3. The number of amides is 1. The molecule has 0 bridgehead atoms. The summed E-state index contributed by atoms with van der Waals surface area (Å²) in [4.78, 5) is 36.6. The van der Waals surface area contributed by atoms with E-state index in [1.165, 1.54) is 11.8 Å². The van der Waals surface area contributed by atoms with Gasteiger partial charge in [-0.2, -0.15) is 0 Å².